The molecule has 2 aromatic rings. The Morgan fingerprint density at radius 2 is 1.73 bits per heavy atom. The van der Waals surface area contributed by atoms with Crippen molar-refractivity contribution in [2.75, 3.05) is 37.7 Å². The predicted molar refractivity (Wildman–Crippen MR) is 130 cm³/mol. The molecule has 2 heterocycles. The second-order valence-electron chi connectivity index (χ2n) is 9.52. The van der Waals surface area contributed by atoms with Crippen LogP contribution in [-0.2, 0) is 25.8 Å². The van der Waals surface area contributed by atoms with Gasteiger partial charge in [0.1, 0.15) is 6.04 Å². The first-order valence-electron chi connectivity index (χ1n) is 11.7. The van der Waals surface area contributed by atoms with E-state index in [1.165, 1.54) is 0 Å². The standard InChI is InChI=1S/C25H33N3O4S/c1-18(2)24(26-23(29)16-20-8-5-7-19-6-3-4-9-22(19)20)25(30)28-13-11-27(12-14-28)21-10-15-33(31,32)17-21/h3-9,18,21,24H,10-17H2,1-2H3,(H,26,29). The van der Waals surface area contributed by atoms with E-state index in [1.54, 1.807) is 0 Å². The number of carbonyl (C=O) groups is 2. The normalized spacial score (nSPS) is 21.9. The van der Waals surface area contributed by atoms with Gasteiger partial charge in [-0.05, 0) is 28.7 Å². The van der Waals surface area contributed by atoms with Gasteiger partial charge in [-0.25, -0.2) is 8.42 Å². The first-order valence-corrected chi connectivity index (χ1v) is 13.5. The number of carbonyl (C=O) groups excluding carboxylic acids is 2. The van der Waals surface area contributed by atoms with Gasteiger partial charge in [0.05, 0.1) is 17.9 Å². The molecule has 2 aliphatic rings. The molecule has 2 aromatic carbocycles. The molecule has 178 valence electrons. The van der Waals surface area contributed by atoms with Crippen molar-refractivity contribution in [3.05, 3.63) is 48.0 Å². The smallest absolute Gasteiger partial charge is 0.245 e. The number of nitrogens with one attached hydrogen (secondary N) is 1. The maximum absolute atomic E-state index is 13.3. The molecule has 0 saturated carbocycles. The van der Waals surface area contributed by atoms with Gasteiger partial charge in [0, 0.05) is 32.2 Å². The van der Waals surface area contributed by atoms with Crippen LogP contribution in [0.25, 0.3) is 10.8 Å². The van der Waals surface area contributed by atoms with Gasteiger partial charge in [0.2, 0.25) is 11.8 Å². The van der Waals surface area contributed by atoms with Gasteiger partial charge in [0.25, 0.3) is 0 Å². The minimum atomic E-state index is -2.92. The molecule has 2 fully saturated rings. The molecule has 7 nitrogen and oxygen atoms in total. The first kappa shape index (κ1) is 23.7. The quantitative estimate of drug-likeness (QED) is 0.695. The van der Waals surface area contributed by atoms with Crippen molar-refractivity contribution in [1.29, 1.82) is 0 Å². The van der Waals surface area contributed by atoms with Crippen molar-refractivity contribution in [2.24, 2.45) is 5.92 Å². The summed E-state index contributed by atoms with van der Waals surface area (Å²) >= 11 is 0. The molecule has 0 spiro atoms. The maximum Gasteiger partial charge on any atom is 0.245 e. The maximum atomic E-state index is 13.3. The Labute approximate surface area is 196 Å². The Bertz CT molecular complexity index is 1120. The Morgan fingerprint density at radius 3 is 2.39 bits per heavy atom. The third kappa shape index (κ3) is 5.55. The molecular formula is C25H33N3O4S. The topological polar surface area (TPSA) is 86.8 Å². The Balaban J connectivity index is 1.36. The summed E-state index contributed by atoms with van der Waals surface area (Å²) in [4.78, 5) is 30.2. The molecule has 33 heavy (non-hydrogen) atoms. The molecule has 0 bridgehead atoms. The zero-order valence-corrected chi connectivity index (χ0v) is 20.2. The molecule has 1 N–H and O–H groups in total. The van der Waals surface area contributed by atoms with E-state index >= 15 is 0 Å². The molecule has 0 radical (unpaired) electrons. The summed E-state index contributed by atoms with van der Waals surface area (Å²) in [5.41, 5.74) is 0.945. The van der Waals surface area contributed by atoms with Crippen LogP contribution in [0, 0.1) is 5.92 Å². The monoisotopic (exact) mass is 471 g/mol. The summed E-state index contributed by atoms with van der Waals surface area (Å²) in [5.74, 6) is 0.226. The predicted octanol–water partition coefficient (Wildman–Crippen LogP) is 1.85. The minimum absolute atomic E-state index is 0.0352. The van der Waals surface area contributed by atoms with Crippen molar-refractivity contribution in [1.82, 2.24) is 15.1 Å². The van der Waals surface area contributed by atoms with Crippen molar-refractivity contribution >= 4 is 32.4 Å². The van der Waals surface area contributed by atoms with Gasteiger partial charge >= 0.3 is 0 Å². The minimum Gasteiger partial charge on any atom is -0.344 e. The van der Waals surface area contributed by atoms with Crippen molar-refractivity contribution < 1.29 is 18.0 Å². The SMILES string of the molecule is CC(C)C(NC(=O)Cc1cccc2ccccc12)C(=O)N1CCN(C2CCS(=O)(=O)C2)CC1. The average Bonchev–Trinajstić information content (AvgIpc) is 3.17. The van der Waals surface area contributed by atoms with Gasteiger partial charge in [-0.1, -0.05) is 56.3 Å². The van der Waals surface area contributed by atoms with E-state index in [2.05, 4.69) is 10.2 Å². The summed E-state index contributed by atoms with van der Waals surface area (Å²) < 4.78 is 23.6. The number of fused-ring (bicyclic) bond motifs is 1. The van der Waals surface area contributed by atoms with E-state index in [1.807, 2.05) is 61.2 Å². The van der Waals surface area contributed by atoms with Crippen LogP contribution in [0.2, 0.25) is 0 Å². The number of hydrogen-bond donors (Lipinski definition) is 1. The molecular weight excluding hydrogens is 438 g/mol. The number of amides is 2. The summed E-state index contributed by atoms with van der Waals surface area (Å²) in [6, 6.07) is 13.4. The van der Waals surface area contributed by atoms with Gasteiger partial charge < -0.3 is 10.2 Å². The van der Waals surface area contributed by atoms with E-state index in [0.717, 1.165) is 16.3 Å². The largest absolute Gasteiger partial charge is 0.344 e. The molecule has 0 aromatic heterocycles. The number of hydrogen-bond acceptors (Lipinski definition) is 5. The van der Waals surface area contributed by atoms with Crippen molar-refractivity contribution in [2.45, 2.75) is 38.8 Å². The summed E-state index contributed by atoms with van der Waals surface area (Å²) in [6.07, 6.45) is 0.900. The lowest BCUT2D eigenvalue weighted by molar-refractivity contribution is -0.139. The third-order valence-corrected chi connectivity index (χ3v) is 8.58. The molecule has 2 saturated heterocycles. The lowest BCUT2D eigenvalue weighted by atomic mass is 9.99. The molecule has 2 amide bonds. The highest BCUT2D eigenvalue weighted by Gasteiger charge is 2.36. The lowest BCUT2D eigenvalue weighted by Crippen LogP contribution is -2.58. The van der Waals surface area contributed by atoms with Gasteiger partial charge in [-0.15, -0.1) is 0 Å². The number of piperazine rings is 1. The van der Waals surface area contributed by atoms with E-state index in [0.29, 0.717) is 32.6 Å². The fraction of sp³-hybridized carbons (Fsp3) is 0.520. The van der Waals surface area contributed by atoms with Crippen molar-refractivity contribution in [3.8, 4) is 0 Å². The fourth-order valence-electron chi connectivity index (χ4n) is 4.93. The van der Waals surface area contributed by atoms with Crippen LogP contribution in [0.1, 0.15) is 25.8 Å². The fourth-order valence-corrected chi connectivity index (χ4v) is 6.69. The second kappa shape index (κ2) is 9.81. The highest BCUT2D eigenvalue weighted by atomic mass is 32.2. The van der Waals surface area contributed by atoms with Crippen LogP contribution in [0.15, 0.2) is 42.5 Å². The van der Waals surface area contributed by atoms with Crippen LogP contribution < -0.4 is 5.32 Å². The van der Waals surface area contributed by atoms with E-state index in [-0.39, 0.29) is 41.7 Å². The summed E-state index contributed by atoms with van der Waals surface area (Å²) in [6.45, 7) is 6.33. The number of benzene rings is 2. The second-order valence-corrected chi connectivity index (χ2v) is 11.8. The molecule has 8 heteroatoms. The van der Waals surface area contributed by atoms with Crippen molar-refractivity contribution in [3.63, 3.8) is 0 Å². The molecule has 2 unspecified atom stereocenters. The van der Waals surface area contributed by atoms with Gasteiger partial charge in [-0.3, -0.25) is 14.5 Å². The van der Waals surface area contributed by atoms with Crippen LogP contribution in [0.3, 0.4) is 0 Å². The molecule has 4 rings (SSSR count). The van der Waals surface area contributed by atoms with E-state index in [4.69, 9.17) is 0 Å². The van der Waals surface area contributed by atoms with Crippen LogP contribution in [0.5, 0.6) is 0 Å². The summed E-state index contributed by atoms with van der Waals surface area (Å²) in [5, 5.41) is 5.12. The van der Waals surface area contributed by atoms with E-state index < -0.39 is 15.9 Å². The van der Waals surface area contributed by atoms with Gasteiger partial charge in [0.15, 0.2) is 9.84 Å². The highest BCUT2D eigenvalue weighted by Crippen LogP contribution is 2.21. The van der Waals surface area contributed by atoms with Gasteiger partial charge in [-0.2, -0.15) is 0 Å². The molecule has 2 atom stereocenters. The Hall–Kier alpha value is -2.45. The number of rotatable bonds is 6. The lowest BCUT2D eigenvalue weighted by Gasteiger charge is -2.39. The summed E-state index contributed by atoms with van der Waals surface area (Å²) in [7, 11) is -2.92. The third-order valence-electron chi connectivity index (χ3n) is 6.83. The Morgan fingerprint density at radius 1 is 1.03 bits per heavy atom. The zero-order valence-electron chi connectivity index (χ0n) is 19.4. The van der Waals surface area contributed by atoms with Crippen LogP contribution in [0.4, 0.5) is 0 Å². The van der Waals surface area contributed by atoms with E-state index in [9.17, 15) is 18.0 Å². The molecule has 0 aliphatic carbocycles. The zero-order chi connectivity index (χ0) is 23.6. The molecule has 2 aliphatic heterocycles. The first-order chi connectivity index (χ1) is 15.7. The Kier molecular flexibility index (Phi) is 7.05. The highest BCUT2D eigenvalue weighted by molar-refractivity contribution is 7.91. The average molecular weight is 472 g/mol. The van der Waals surface area contributed by atoms with Crippen LogP contribution in [-0.4, -0.2) is 79.8 Å². The van der Waals surface area contributed by atoms with Crippen LogP contribution >= 0.6 is 0 Å². The number of nitrogens with zero attached hydrogens (tertiary/aromatic N) is 2. The number of sulfone groups is 1.